The van der Waals surface area contributed by atoms with Gasteiger partial charge >= 0.3 is 0 Å². The van der Waals surface area contributed by atoms with E-state index in [1.54, 1.807) is 6.07 Å². The molecule has 0 aliphatic carbocycles. The van der Waals surface area contributed by atoms with E-state index in [2.05, 4.69) is 28.4 Å². The quantitative estimate of drug-likeness (QED) is 0.851. The van der Waals surface area contributed by atoms with Crippen LogP contribution in [0, 0.1) is 13.8 Å². The summed E-state index contributed by atoms with van der Waals surface area (Å²) in [6.45, 7) is 12.3. The van der Waals surface area contributed by atoms with Crippen molar-refractivity contribution in [3.05, 3.63) is 53.6 Å². The van der Waals surface area contributed by atoms with Crippen molar-refractivity contribution in [3.63, 3.8) is 0 Å². The highest BCUT2D eigenvalue weighted by Gasteiger charge is 2.20. The van der Waals surface area contributed by atoms with Gasteiger partial charge in [0.2, 0.25) is 0 Å². The number of nitrogens with one attached hydrogen (secondary N) is 1. The molecule has 5 nitrogen and oxygen atoms in total. The summed E-state index contributed by atoms with van der Waals surface area (Å²) in [5.74, 6) is 0. The fourth-order valence-electron chi connectivity index (χ4n) is 3.44. The minimum Gasteiger partial charge on any atom is -0.369 e. The summed E-state index contributed by atoms with van der Waals surface area (Å²) in [6.07, 6.45) is 0. The third-order valence-corrected chi connectivity index (χ3v) is 6.69. The summed E-state index contributed by atoms with van der Waals surface area (Å²) in [5.41, 5.74) is 3.39. The maximum atomic E-state index is 12.7. The Hall–Kier alpha value is -2.05. The molecule has 1 aliphatic heterocycles. The lowest BCUT2D eigenvalue weighted by Crippen LogP contribution is -2.48. The average molecular weight is 388 g/mol. The van der Waals surface area contributed by atoms with Crippen molar-refractivity contribution in [2.75, 3.05) is 35.8 Å². The fraction of sp³-hybridized carbons (Fsp3) is 0.429. The van der Waals surface area contributed by atoms with Crippen LogP contribution < -0.4 is 9.62 Å². The molecule has 2 aromatic carbocycles. The molecule has 1 aliphatic rings. The Morgan fingerprint density at radius 2 is 1.56 bits per heavy atom. The monoisotopic (exact) mass is 387 g/mol. The van der Waals surface area contributed by atoms with Crippen LogP contribution in [-0.2, 0) is 10.0 Å². The van der Waals surface area contributed by atoms with Crippen molar-refractivity contribution in [2.45, 2.75) is 38.6 Å². The molecule has 0 unspecified atom stereocenters. The van der Waals surface area contributed by atoms with Crippen LogP contribution in [0.15, 0.2) is 47.4 Å². The van der Waals surface area contributed by atoms with Crippen LogP contribution in [0.3, 0.4) is 0 Å². The highest BCUT2D eigenvalue weighted by Crippen LogP contribution is 2.24. The summed E-state index contributed by atoms with van der Waals surface area (Å²) in [7, 11) is -3.59. The van der Waals surface area contributed by atoms with E-state index in [1.165, 1.54) is 0 Å². The lowest BCUT2D eigenvalue weighted by atomic mass is 10.2. The van der Waals surface area contributed by atoms with E-state index in [0.29, 0.717) is 16.6 Å². The minimum absolute atomic E-state index is 0.330. The van der Waals surface area contributed by atoms with Crippen LogP contribution in [0.2, 0.25) is 0 Å². The first-order valence-electron chi connectivity index (χ1n) is 9.45. The summed E-state index contributed by atoms with van der Waals surface area (Å²) < 4.78 is 28.2. The zero-order chi connectivity index (χ0) is 19.6. The molecule has 0 radical (unpaired) electrons. The maximum Gasteiger partial charge on any atom is 0.262 e. The van der Waals surface area contributed by atoms with Gasteiger partial charge in [0.05, 0.1) is 4.90 Å². The summed E-state index contributed by atoms with van der Waals surface area (Å²) in [5, 5.41) is 0. The van der Waals surface area contributed by atoms with Gasteiger partial charge in [-0.3, -0.25) is 9.62 Å². The zero-order valence-corrected chi connectivity index (χ0v) is 17.4. The van der Waals surface area contributed by atoms with E-state index in [9.17, 15) is 8.42 Å². The largest absolute Gasteiger partial charge is 0.369 e. The summed E-state index contributed by atoms with van der Waals surface area (Å²) in [4.78, 5) is 5.15. The standard InChI is InChI=1S/C21H29N3O2S/c1-16(2)23-11-13-24(14-12-23)20-9-7-19(8-10-20)22-27(25,26)21-15-17(3)5-6-18(21)4/h5-10,15-16,22H,11-14H2,1-4H3. The molecule has 27 heavy (non-hydrogen) atoms. The molecule has 1 heterocycles. The van der Waals surface area contributed by atoms with Crippen molar-refractivity contribution in [1.82, 2.24) is 4.90 Å². The van der Waals surface area contributed by atoms with Gasteiger partial charge in [-0.25, -0.2) is 8.42 Å². The molecule has 0 saturated carbocycles. The van der Waals surface area contributed by atoms with Crippen molar-refractivity contribution < 1.29 is 8.42 Å². The second kappa shape index (κ2) is 7.90. The van der Waals surface area contributed by atoms with E-state index in [4.69, 9.17) is 0 Å². The Morgan fingerprint density at radius 3 is 2.15 bits per heavy atom. The van der Waals surface area contributed by atoms with Crippen LogP contribution in [0.1, 0.15) is 25.0 Å². The highest BCUT2D eigenvalue weighted by molar-refractivity contribution is 7.92. The Bertz CT molecular complexity index is 884. The molecule has 1 fully saturated rings. The average Bonchev–Trinajstić information content (AvgIpc) is 2.64. The van der Waals surface area contributed by atoms with Crippen LogP contribution in [0.25, 0.3) is 0 Å². The van der Waals surface area contributed by atoms with Gasteiger partial charge in [0.25, 0.3) is 10.0 Å². The number of benzene rings is 2. The topological polar surface area (TPSA) is 52.7 Å². The van der Waals surface area contributed by atoms with E-state index in [1.807, 2.05) is 50.2 Å². The number of hydrogen-bond acceptors (Lipinski definition) is 4. The molecule has 0 aromatic heterocycles. The Kier molecular flexibility index (Phi) is 5.77. The number of rotatable bonds is 5. The zero-order valence-electron chi connectivity index (χ0n) is 16.6. The predicted octanol–water partition coefficient (Wildman–Crippen LogP) is 3.63. The lowest BCUT2D eigenvalue weighted by Gasteiger charge is -2.38. The maximum absolute atomic E-state index is 12.7. The van der Waals surface area contributed by atoms with Crippen molar-refractivity contribution >= 4 is 21.4 Å². The number of aryl methyl sites for hydroxylation is 2. The smallest absolute Gasteiger partial charge is 0.262 e. The fourth-order valence-corrected chi connectivity index (χ4v) is 4.83. The molecule has 3 rings (SSSR count). The molecule has 0 bridgehead atoms. The molecule has 1 N–H and O–H groups in total. The van der Waals surface area contributed by atoms with Crippen molar-refractivity contribution in [2.24, 2.45) is 0 Å². The molecular weight excluding hydrogens is 358 g/mol. The molecule has 0 spiro atoms. The molecular formula is C21H29N3O2S. The van der Waals surface area contributed by atoms with E-state index < -0.39 is 10.0 Å². The Labute approximate surface area is 163 Å². The van der Waals surface area contributed by atoms with Crippen LogP contribution in [0.4, 0.5) is 11.4 Å². The number of nitrogens with zero attached hydrogens (tertiary/aromatic N) is 2. The van der Waals surface area contributed by atoms with Gasteiger partial charge in [0, 0.05) is 43.6 Å². The predicted molar refractivity (Wildman–Crippen MR) is 112 cm³/mol. The van der Waals surface area contributed by atoms with Crippen LogP contribution in [0.5, 0.6) is 0 Å². The van der Waals surface area contributed by atoms with E-state index >= 15 is 0 Å². The molecule has 6 heteroatoms. The van der Waals surface area contributed by atoms with Crippen LogP contribution >= 0.6 is 0 Å². The first-order valence-corrected chi connectivity index (χ1v) is 10.9. The molecule has 0 amide bonds. The van der Waals surface area contributed by atoms with E-state index in [-0.39, 0.29) is 0 Å². The number of piperazine rings is 1. The SMILES string of the molecule is Cc1ccc(C)c(S(=O)(=O)Nc2ccc(N3CCN(C(C)C)CC3)cc2)c1. The summed E-state index contributed by atoms with van der Waals surface area (Å²) >= 11 is 0. The first kappa shape index (κ1) is 19.7. The van der Waals surface area contributed by atoms with E-state index in [0.717, 1.165) is 43.0 Å². The Balaban J connectivity index is 1.70. The van der Waals surface area contributed by atoms with Crippen molar-refractivity contribution in [3.8, 4) is 0 Å². The van der Waals surface area contributed by atoms with Gasteiger partial charge in [-0.1, -0.05) is 12.1 Å². The normalized spacial score (nSPS) is 16.0. The highest BCUT2D eigenvalue weighted by atomic mass is 32.2. The van der Waals surface area contributed by atoms with Gasteiger partial charge in [0.1, 0.15) is 0 Å². The van der Waals surface area contributed by atoms with Gasteiger partial charge in [-0.05, 0) is 69.2 Å². The van der Waals surface area contributed by atoms with Gasteiger partial charge in [-0.15, -0.1) is 0 Å². The second-order valence-corrected chi connectivity index (χ2v) is 9.19. The second-order valence-electron chi connectivity index (χ2n) is 7.54. The first-order chi connectivity index (χ1) is 12.8. The number of hydrogen-bond donors (Lipinski definition) is 1. The van der Waals surface area contributed by atoms with Crippen molar-refractivity contribution in [1.29, 1.82) is 0 Å². The third kappa shape index (κ3) is 4.62. The minimum atomic E-state index is -3.59. The van der Waals surface area contributed by atoms with Crippen LogP contribution in [-0.4, -0.2) is 45.5 Å². The van der Waals surface area contributed by atoms with Gasteiger partial charge in [-0.2, -0.15) is 0 Å². The molecule has 146 valence electrons. The number of sulfonamides is 1. The molecule has 1 saturated heterocycles. The molecule has 2 aromatic rings. The van der Waals surface area contributed by atoms with Gasteiger partial charge in [0.15, 0.2) is 0 Å². The Morgan fingerprint density at radius 1 is 0.926 bits per heavy atom. The summed E-state index contributed by atoms with van der Waals surface area (Å²) in [6, 6.07) is 13.7. The van der Waals surface area contributed by atoms with Gasteiger partial charge < -0.3 is 4.90 Å². The lowest BCUT2D eigenvalue weighted by molar-refractivity contribution is 0.209. The number of anilines is 2. The molecule has 0 atom stereocenters. The third-order valence-electron chi connectivity index (χ3n) is 5.16.